The molecule has 3 heteroatoms. The first-order valence-corrected chi connectivity index (χ1v) is 6.71. The molecule has 3 nitrogen and oxygen atoms in total. The number of nitrogen functional groups attached to an aromatic ring is 1. The van der Waals surface area contributed by atoms with Crippen molar-refractivity contribution in [3.63, 3.8) is 0 Å². The van der Waals surface area contributed by atoms with E-state index in [1.165, 1.54) is 19.3 Å². The summed E-state index contributed by atoms with van der Waals surface area (Å²) in [6.45, 7) is 4.57. The Morgan fingerprint density at radius 1 is 1.44 bits per heavy atom. The zero-order valence-corrected chi connectivity index (χ0v) is 11.1. The number of nitrogens with one attached hydrogen (secondary N) is 1. The molecule has 1 aliphatic carbocycles. The Hall–Kier alpha value is -1.69. The monoisotopic (exact) mass is 243 g/mol. The first kappa shape index (κ1) is 12.8. The van der Waals surface area contributed by atoms with E-state index in [-0.39, 0.29) is 0 Å². The van der Waals surface area contributed by atoms with Crippen LogP contribution in [0.2, 0.25) is 0 Å². The molecule has 0 spiro atoms. The second-order valence-electron chi connectivity index (χ2n) is 5.27. The molecule has 3 N–H and O–H groups in total. The smallest absolute Gasteiger partial charge is 0.101 e. The van der Waals surface area contributed by atoms with Gasteiger partial charge in [0.15, 0.2) is 0 Å². The van der Waals surface area contributed by atoms with Gasteiger partial charge in [0.1, 0.15) is 6.07 Å². The van der Waals surface area contributed by atoms with E-state index in [0.717, 1.165) is 11.6 Å². The summed E-state index contributed by atoms with van der Waals surface area (Å²) in [5.74, 6) is 1.47. The Bertz CT molecular complexity index is 461. The molecule has 1 fully saturated rings. The number of benzene rings is 1. The maximum atomic E-state index is 9.14. The van der Waals surface area contributed by atoms with Crippen LogP contribution in [-0.4, -0.2) is 6.04 Å². The van der Waals surface area contributed by atoms with Crippen LogP contribution >= 0.6 is 0 Å². The lowest BCUT2D eigenvalue weighted by molar-refractivity contribution is 0.392. The van der Waals surface area contributed by atoms with Gasteiger partial charge in [-0.25, -0.2) is 0 Å². The summed E-state index contributed by atoms with van der Waals surface area (Å²) < 4.78 is 0. The third kappa shape index (κ3) is 2.43. The molecule has 0 amide bonds. The van der Waals surface area contributed by atoms with Gasteiger partial charge in [-0.2, -0.15) is 5.26 Å². The second-order valence-corrected chi connectivity index (χ2v) is 5.27. The Kier molecular flexibility index (Phi) is 3.76. The van der Waals surface area contributed by atoms with Crippen LogP contribution < -0.4 is 11.1 Å². The summed E-state index contributed by atoms with van der Waals surface area (Å²) in [5, 5.41) is 12.7. The number of nitrogens with two attached hydrogens (primary N) is 1. The van der Waals surface area contributed by atoms with Gasteiger partial charge in [0, 0.05) is 11.7 Å². The van der Waals surface area contributed by atoms with Gasteiger partial charge < -0.3 is 11.1 Å². The number of nitriles is 1. The number of rotatable bonds is 3. The van der Waals surface area contributed by atoms with E-state index in [2.05, 4.69) is 25.2 Å². The molecule has 1 aromatic carbocycles. The van der Waals surface area contributed by atoms with Crippen molar-refractivity contribution in [3.8, 4) is 6.07 Å². The van der Waals surface area contributed by atoms with Gasteiger partial charge >= 0.3 is 0 Å². The summed E-state index contributed by atoms with van der Waals surface area (Å²) in [4.78, 5) is 0. The normalized spacial score (nSPS) is 26.8. The molecule has 3 unspecified atom stereocenters. The molecule has 96 valence electrons. The highest BCUT2D eigenvalue weighted by atomic mass is 14.9. The van der Waals surface area contributed by atoms with Gasteiger partial charge in [-0.1, -0.05) is 20.3 Å². The van der Waals surface area contributed by atoms with E-state index in [1.807, 2.05) is 12.1 Å². The molecule has 0 aromatic heterocycles. The lowest BCUT2D eigenvalue weighted by Crippen LogP contribution is -2.25. The molecule has 1 saturated carbocycles. The maximum absolute atomic E-state index is 9.14. The topological polar surface area (TPSA) is 61.8 Å². The molecule has 1 aromatic rings. The molecule has 0 saturated heterocycles. The van der Waals surface area contributed by atoms with Gasteiger partial charge in [0.2, 0.25) is 0 Å². The average Bonchev–Trinajstić information content (AvgIpc) is 2.72. The summed E-state index contributed by atoms with van der Waals surface area (Å²) in [6.07, 6.45) is 3.72. The predicted molar refractivity (Wildman–Crippen MR) is 75.2 cm³/mol. The van der Waals surface area contributed by atoms with Crippen molar-refractivity contribution in [2.24, 2.45) is 11.8 Å². The third-order valence-electron chi connectivity index (χ3n) is 4.26. The van der Waals surface area contributed by atoms with Gasteiger partial charge in [-0.3, -0.25) is 0 Å². The van der Waals surface area contributed by atoms with Crippen LogP contribution in [0.4, 0.5) is 11.4 Å². The number of nitrogens with zero attached hydrogens (tertiary/aromatic N) is 1. The zero-order valence-electron chi connectivity index (χ0n) is 11.1. The molecule has 3 atom stereocenters. The van der Waals surface area contributed by atoms with Crippen LogP contribution in [0.3, 0.4) is 0 Å². The van der Waals surface area contributed by atoms with Crippen molar-refractivity contribution in [1.82, 2.24) is 0 Å². The highest BCUT2D eigenvalue weighted by molar-refractivity contribution is 5.63. The van der Waals surface area contributed by atoms with Crippen molar-refractivity contribution in [1.29, 1.82) is 5.26 Å². The molecule has 0 heterocycles. The zero-order chi connectivity index (χ0) is 13.1. The van der Waals surface area contributed by atoms with E-state index >= 15 is 0 Å². The van der Waals surface area contributed by atoms with Gasteiger partial charge in [-0.15, -0.1) is 0 Å². The van der Waals surface area contributed by atoms with E-state index < -0.39 is 0 Å². The van der Waals surface area contributed by atoms with Crippen LogP contribution in [0.1, 0.15) is 38.7 Å². The average molecular weight is 243 g/mol. The standard InChI is InChI=1S/C15H21N3/c1-3-11-4-6-14(10(11)2)18-15-7-5-13(17)8-12(15)9-16/h5,7-8,10-11,14,18H,3-4,6,17H2,1-2H3. The maximum Gasteiger partial charge on any atom is 0.101 e. The fourth-order valence-electron chi connectivity index (χ4n) is 3.01. The molecule has 0 bridgehead atoms. The van der Waals surface area contributed by atoms with Crippen molar-refractivity contribution in [2.75, 3.05) is 11.1 Å². The van der Waals surface area contributed by atoms with Crippen LogP contribution in [0, 0.1) is 23.2 Å². The minimum absolute atomic E-state index is 0.477. The highest BCUT2D eigenvalue weighted by Gasteiger charge is 2.31. The molecule has 2 rings (SSSR count). The van der Waals surface area contributed by atoms with Crippen molar-refractivity contribution in [2.45, 2.75) is 39.2 Å². The minimum Gasteiger partial charge on any atom is -0.399 e. The number of anilines is 2. The van der Waals surface area contributed by atoms with Gasteiger partial charge in [0.25, 0.3) is 0 Å². The molecule has 0 aliphatic heterocycles. The van der Waals surface area contributed by atoms with Crippen LogP contribution in [0.5, 0.6) is 0 Å². The minimum atomic E-state index is 0.477. The van der Waals surface area contributed by atoms with Crippen LogP contribution in [-0.2, 0) is 0 Å². The third-order valence-corrected chi connectivity index (χ3v) is 4.26. The van der Waals surface area contributed by atoms with Gasteiger partial charge in [0.05, 0.1) is 11.3 Å². The molecular formula is C15H21N3. The Labute approximate surface area is 109 Å². The quantitative estimate of drug-likeness (QED) is 0.800. The Morgan fingerprint density at radius 2 is 2.22 bits per heavy atom. The molecule has 0 radical (unpaired) electrons. The fourth-order valence-corrected chi connectivity index (χ4v) is 3.01. The Morgan fingerprint density at radius 3 is 2.83 bits per heavy atom. The first-order valence-electron chi connectivity index (χ1n) is 6.71. The fraction of sp³-hybridized carbons (Fsp3) is 0.533. The number of hydrogen-bond donors (Lipinski definition) is 2. The van der Waals surface area contributed by atoms with Crippen LogP contribution in [0.15, 0.2) is 18.2 Å². The first-order chi connectivity index (χ1) is 8.65. The molecular weight excluding hydrogens is 222 g/mol. The van der Waals surface area contributed by atoms with E-state index in [4.69, 9.17) is 11.0 Å². The Balaban J connectivity index is 2.13. The summed E-state index contributed by atoms with van der Waals surface area (Å²) in [7, 11) is 0. The summed E-state index contributed by atoms with van der Waals surface area (Å²) >= 11 is 0. The molecule has 18 heavy (non-hydrogen) atoms. The predicted octanol–water partition coefficient (Wildman–Crippen LogP) is 3.38. The van der Waals surface area contributed by atoms with Crippen LogP contribution in [0.25, 0.3) is 0 Å². The molecule has 1 aliphatic rings. The SMILES string of the molecule is CCC1CCC(Nc2ccc(N)cc2C#N)C1C. The summed E-state index contributed by atoms with van der Waals surface area (Å²) in [6, 6.07) is 8.18. The van der Waals surface area contributed by atoms with E-state index in [1.54, 1.807) is 6.07 Å². The largest absolute Gasteiger partial charge is 0.399 e. The second kappa shape index (κ2) is 5.30. The summed E-state index contributed by atoms with van der Waals surface area (Å²) in [5.41, 5.74) is 7.90. The van der Waals surface area contributed by atoms with Crippen molar-refractivity contribution < 1.29 is 0 Å². The lowest BCUT2D eigenvalue weighted by Gasteiger charge is -2.22. The number of hydrogen-bond acceptors (Lipinski definition) is 3. The van der Waals surface area contributed by atoms with Crippen molar-refractivity contribution in [3.05, 3.63) is 23.8 Å². The van der Waals surface area contributed by atoms with E-state index in [0.29, 0.717) is 23.2 Å². The van der Waals surface area contributed by atoms with Gasteiger partial charge in [-0.05, 0) is 42.9 Å². The van der Waals surface area contributed by atoms with Crippen molar-refractivity contribution >= 4 is 11.4 Å². The van der Waals surface area contributed by atoms with E-state index in [9.17, 15) is 0 Å². The lowest BCUT2D eigenvalue weighted by atomic mass is 9.93. The highest BCUT2D eigenvalue weighted by Crippen LogP contribution is 2.36.